The molecule has 1 aliphatic carbocycles. The average Bonchev–Trinajstić information content (AvgIpc) is 2.56. The molecule has 0 aromatic heterocycles. The lowest BCUT2D eigenvalue weighted by molar-refractivity contribution is -0.119. The Labute approximate surface area is 89.9 Å². The molecule has 0 saturated carbocycles. The standard InChI is InChI=1S/C12H15N2O/c1-14(2)11-7-10(12(13)15)8-5-3-4-6-9(8)11/h3,5-6,10-11H,7H2,1-2H3,(H2,13,15). The number of primary amides is 1. The van der Waals surface area contributed by atoms with E-state index in [4.69, 9.17) is 5.73 Å². The summed E-state index contributed by atoms with van der Waals surface area (Å²) in [5.74, 6) is -0.367. The van der Waals surface area contributed by atoms with Crippen LogP contribution in [0.1, 0.15) is 29.5 Å². The van der Waals surface area contributed by atoms with Crippen molar-refractivity contribution in [3.05, 3.63) is 35.4 Å². The molecule has 0 heterocycles. The number of benzene rings is 1. The third-order valence-corrected chi connectivity index (χ3v) is 3.09. The molecule has 1 amide bonds. The molecule has 0 aliphatic heterocycles. The number of nitrogens with two attached hydrogens (primary N) is 1. The molecule has 0 saturated heterocycles. The molecule has 3 heteroatoms. The molecule has 0 spiro atoms. The highest BCUT2D eigenvalue weighted by Gasteiger charge is 2.34. The summed E-state index contributed by atoms with van der Waals surface area (Å²) in [5, 5.41) is 0. The summed E-state index contributed by atoms with van der Waals surface area (Å²) in [7, 11) is 4.04. The van der Waals surface area contributed by atoms with Crippen LogP contribution in [0.25, 0.3) is 0 Å². The van der Waals surface area contributed by atoms with Gasteiger partial charge in [-0.2, -0.15) is 0 Å². The van der Waals surface area contributed by atoms with Crippen molar-refractivity contribution in [3.8, 4) is 0 Å². The van der Waals surface area contributed by atoms with E-state index in [0.29, 0.717) is 0 Å². The van der Waals surface area contributed by atoms with Crippen LogP contribution in [-0.4, -0.2) is 24.9 Å². The monoisotopic (exact) mass is 203 g/mol. The minimum atomic E-state index is -0.230. The Balaban J connectivity index is 2.44. The van der Waals surface area contributed by atoms with E-state index in [1.807, 2.05) is 32.3 Å². The fraction of sp³-hybridized carbons (Fsp3) is 0.417. The Kier molecular flexibility index (Phi) is 2.49. The SMILES string of the molecule is CN(C)C1CC(C(N)=O)c2cc[c]cc21. The molecular weight excluding hydrogens is 188 g/mol. The van der Waals surface area contributed by atoms with Gasteiger partial charge in [0.05, 0.1) is 5.92 Å². The lowest BCUT2D eigenvalue weighted by atomic mass is 10.0. The van der Waals surface area contributed by atoms with Gasteiger partial charge in [-0.15, -0.1) is 0 Å². The second kappa shape index (κ2) is 3.66. The fourth-order valence-electron chi connectivity index (χ4n) is 2.30. The summed E-state index contributed by atoms with van der Waals surface area (Å²) < 4.78 is 0. The van der Waals surface area contributed by atoms with Crippen LogP contribution >= 0.6 is 0 Å². The summed E-state index contributed by atoms with van der Waals surface area (Å²) in [4.78, 5) is 13.4. The highest BCUT2D eigenvalue weighted by Crippen LogP contribution is 2.42. The minimum absolute atomic E-state index is 0.137. The van der Waals surface area contributed by atoms with Crippen molar-refractivity contribution in [1.29, 1.82) is 0 Å². The van der Waals surface area contributed by atoms with Crippen LogP contribution in [0.5, 0.6) is 0 Å². The van der Waals surface area contributed by atoms with Gasteiger partial charge in [-0.1, -0.05) is 12.1 Å². The van der Waals surface area contributed by atoms with E-state index in [9.17, 15) is 4.79 Å². The van der Waals surface area contributed by atoms with E-state index in [1.165, 1.54) is 5.56 Å². The first-order valence-corrected chi connectivity index (χ1v) is 5.07. The summed E-state index contributed by atoms with van der Waals surface area (Å²) in [6.07, 6.45) is 0.787. The number of amides is 1. The van der Waals surface area contributed by atoms with Crippen LogP contribution in [0, 0.1) is 6.07 Å². The molecular formula is C12H15N2O. The number of carbonyl (C=O) groups excluding carboxylic acids is 1. The average molecular weight is 203 g/mol. The molecule has 1 radical (unpaired) electrons. The quantitative estimate of drug-likeness (QED) is 0.781. The summed E-state index contributed by atoms with van der Waals surface area (Å²) in [6, 6.07) is 9.10. The molecule has 0 fully saturated rings. The van der Waals surface area contributed by atoms with Crippen LogP contribution in [-0.2, 0) is 4.79 Å². The Morgan fingerprint density at radius 2 is 2.27 bits per heavy atom. The smallest absolute Gasteiger partial charge is 0.225 e. The van der Waals surface area contributed by atoms with Gasteiger partial charge in [-0.05, 0) is 43.8 Å². The Morgan fingerprint density at radius 1 is 1.53 bits per heavy atom. The van der Waals surface area contributed by atoms with Crippen molar-refractivity contribution < 1.29 is 4.79 Å². The molecule has 1 aliphatic rings. The second-order valence-corrected chi connectivity index (χ2v) is 4.23. The van der Waals surface area contributed by atoms with Crippen LogP contribution in [0.4, 0.5) is 0 Å². The zero-order valence-corrected chi connectivity index (χ0v) is 9.03. The Hall–Kier alpha value is -1.35. The molecule has 2 N–H and O–H groups in total. The predicted octanol–water partition coefficient (Wildman–Crippen LogP) is 1.06. The second-order valence-electron chi connectivity index (χ2n) is 4.23. The van der Waals surface area contributed by atoms with Gasteiger partial charge in [0.25, 0.3) is 0 Å². The predicted molar refractivity (Wildman–Crippen MR) is 58.3 cm³/mol. The van der Waals surface area contributed by atoms with Crippen molar-refractivity contribution in [2.45, 2.75) is 18.4 Å². The largest absolute Gasteiger partial charge is 0.369 e. The van der Waals surface area contributed by atoms with Crippen LogP contribution in [0.2, 0.25) is 0 Å². The van der Waals surface area contributed by atoms with Crippen molar-refractivity contribution in [3.63, 3.8) is 0 Å². The molecule has 1 aromatic rings. The van der Waals surface area contributed by atoms with Gasteiger partial charge in [0.15, 0.2) is 0 Å². The number of rotatable bonds is 2. The first-order valence-electron chi connectivity index (χ1n) is 5.07. The summed E-state index contributed by atoms with van der Waals surface area (Å²) in [5.41, 5.74) is 7.66. The van der Waals surface area contributed by atoms with E-state index in [1.54, 1.807) is 0 Å². The van der Waals surface area contributed by atoms with E-state index < -0.39 is 0 Å². The normalized spacial score (nSPS) is 24.2. The van der Waals surface area contributed by atoms with Crippen molar-refractivity contribution in [2.75, 3.05) is 14.1 Å². The van der Waals surface area contributed by atoms with Gasteiger partial charge in [0.1, 0.15) is 0 Å². The van der Waals surface area contributed by atoms with E-state index in [2.05, 4.69) is 11.0 Å². The van der Waals surface area contributed by atoms with Crippen LogP contribution < -0.4 is 5.73 Å². The van der Waals surface area contributed by atoms with Crippen molar-refractivity contribution in [1.82, 2.24) is 4.90 Å². The third kappa shape index (κ3) is 1.63. The lowest BCUT2D eigenvalue weighted by Crippen LogP contribution is -2.21. The van der Waals surface area contributed by atoms with Gasteiger partial charge in [0.2, 0.25) is 5.91 Å². The molecule has 15 heavy (non-hydrogen) atoms. The van der Waals surface area contributed by atoms with E-state index in [-0.39, 0.29) is 17.9 Å². The zero-order valence-electron chi connectivity index (χ0n) is 9.03. The van der Waals surface area contributed by atoms with E-state index >= 15 is 0 Å². The van der Waals surface area contributed by atoms with Gasteiger partial charge < -0.3 is 10.6 Å². The summed E-state index contributed by atoms with van der Waals surface area (Å²) >= 11 is 0. The Morgan fingerprint density at radius 3 is 2.87 bits per heavy atom. The number of hydrogen-bond donors (Lipinski definition) is 1. The van der Waals surface area contributed by atoms with Crippen molar-refractivity contribution in [2.24, 2.45) is 5.73 Å². The number of hydrogen-bond acceptors (Lipinski definition) is 2. The highest BCUT2D eigenvalue weighted by atomic mass is 16.1. The molecule has 1 aromatic carbocycles. The fourth-order valence-corrected chi connectivity index (χ4v) is 2.30. The van der Waals surface area contributed by atoms with Crippen LogP contribution in [0.15, 0.2) is 18.2 Å². The molecule has 2 unspecified atom stereocenters. The first-order chi connectivity index (χ1) is 7.11. The van der Waals surface area contributed by atoms with Gasteiger partial charge in [-0.3, -0.25) is 4.79 Å². The molecule has 2 atom stereocenters. The molecule has 3 nitrogen and oxygen atoms in total. The highest BCUT2D eigenvalue weighted by molar-refractivity contribution is 5.83. The van der Waals surface area contributed by atoms with E-state index in [0.717, 1.165) is 12.0 Å². The Bertz CT molecular complexity index is 387. The maximum absolute atomic E-state index is 11.3. The van der Waals surface area contributed by atoms with Gasteiger partial charge in [-0.25, -0.2) is 0 Å². The maximum Gasteiger partial charge on any atom is 0.225 e. The molecule has 0 bridgehead atoms. The summed E-state index contributed by atoms with van der Waals surface area (Å²) in [6.45, 7) is 0. The maximum atomic E-state index is 11.3. The number of fused-ring (bicyclic) bond motifs is 1. The molecule has 79 valence electrons. The minimum Gasteiger partial charge on any atom is -0.369 e. The first kappa shape index (κ1) is 10.2. The van der Waals surface area contributed by atoms with Gasteiger partial charge in [0, 0.05) is 6.04 Å². The lowest BCUT2D eigenvalue weighted by Gasteiger charge is -2.19. The zero-order chi connectivity index (χ0) is 11.0. The number of carbonyl (C=O) groups is 1. The topological polar surface area (TPSA) is 46.3 Å². The van der Waals surface area contributed by atoms with Crippen LogP contribution in [0.3, 0.4) is 0 Å². The van der Waals surface area contributed by atoms with Gasteiger partial charge >= 0.3 is 0 Å². The third-order valence-electron chi connectivity index (χ3n) is 3.09. The van der Waals surface area contributed by atoms with Crippen molar-refractivity contribution >= 4 is 5.91 Å². The number of nitrogens with zero attached hydrogens (tertiary/aromatic N) is 1. The molecule has 2 rings (SSSR count).